The number of ether oxygens (including phenoxy) is 1. The summed E-state index contributed by atoms with van der Waals surface area (Å²) < 4.78 is 5.65. The van der Waals surface area contributed by atoms with Crippen LogP contribution in [0.15, 0.2) is 24.3 Å². The third-order valence-electron chi connectivity index (χ3n) is 4.69. The van der Waals surface area contributed by atoms with Crippen molar-refractivity contribution in [3.05, 3.63) is 29.8 Å². The number of aliphatic hydroxyl groups is 1. The largest absolute Gasteiger partial charge is 0.491 e. The molecule has 2 rings (SSSR count). The first-order valence-corrected chi connectivity index (χ1v) is 9.39. The van der Waals surface area contributed by atoms with Crippen LogP contribution in [0.3, 0.4) is 0 Å². The molecule has 5 nitrogen and oxygen atoms in total. The Kier molecular flexibility index (Phi) is 7.56. The van der Waals surface area contributed by atoms with Crippen LogP contribution in [0.1, 0.15) is 45.6 Å². The lowest BCUT2D eigenvalue weighted by Crippen LogP contribution is -2.47. The molecule has 5 heteroatoms. The normalized spacial score (nSPS) is 16.8. The first-order chi connectivity index (χ1) is 12.0. The maximum Gasteiger partial charge on any atom is 0.317 e. The fraction of sp³-hybridized carbons (Fsp3) is 0.650. The van der Waals surface area contributed by atoms with E-state index in [1.807, 2.05) is 30.9 Å². The highest BCUT2D eigenvalue weighted by atomic mass is 16.5. The summed E-state index contributed by atoms with van der Waals surface area (Å²) >= 11 is 0. The number of carbonyl (C=O) groups excluding carboxylic acids is 1. The Morgan fingerprint density at radius 1 is 1.24 bits per heavy atom. The molecule has 2 N–H and O–H groups in total. The van der Waals surface area contributed by atoms with Gasteiger partial charge in [-0.25, -0.2) is 4.79 Å². The van der Waals surface area contributed by atoms with Crippen LogP contribution in [0.2, 0.25) is 0 Å². The molecule has 1 aliphatic heterocycles. The molecule has 140 valence electrons. The Morgan fingerprint density at radius 3 is 2.44 bits per heavy atom. The van der Waals surface area contributed by atoms with E-state index in [2.05, 4.69) is 24.4 Å². The van der Waals surface area contributed by atoms with E-state index in [0.29, 0.717) is 5.92 Å². The molecule has 1 aromatic rings. The van der Waals surface area contributed by atoms with Crippen molar-refractivity contribution in [2.45, 2.75) is 58.6 Å². The van der Waals surface area contributed by atoms with Gasteiger partial charge in [0, 0.05) is 25.7 Å². The minimum absolute atomic E-state index is 0.0181. The van der Waals surface area contributed by atoms with E-state index in [9.17, 15) is 9.90 Å². The van der Waals surface area contributed by atoms with Gasteiger partial charge in [-0.2, -0.15) is 0 Å². The lowest BCUT2D eigenvalue weighted by molar-refractivity contribution is 0.135. The number of urea groups is 1. The molecule has 2 amide bonds. The fourth-order valence-electron chi connectivity index (χ4n) is 3.08. The summed E-state index contributed by atoms with van der Waals surface area (Å²) in [6.45, 7) is 7.79. The molecule has 1 aliphatic rings. The van der Waals surface area contributed by atoms with Crippen molar-refractivity contribution >= 4 is 6.03 Å². The molecule has 0 bridgehead atoms. The zero-order valence-corrected chi connectivity index (χ0v) is 15.7. The zero-order chi connectivity index (χ0) is 18.2. The second-order valence-corrected chi connectivity index (χ2v) is 7.31. The summed E-state index contributed by atoms with van der Waals surface area (Å²) in [6.07, 6.45) is 3.80. The summed E-state index contributed by atoms with van der Waals surface area (Å²) in [5.74, 6) is 1.25. The summed E-state index contributed by atoms with van der Waals surface area (Å²) in [5.41, 5.74) is 1.25. The van der Waals surface area contributed by atoms with E-state index in [1.54, 1.807) is 0 Å². The molecule has 0 spiro atoms. The number of carbonyl (C=O) groups is 1. The molecule has 1 fully saturated rings. The number of nitrogens with zero attached hydrogens (tertiary/aromatic N) is 1. The van der Waals surface area contributed by atoms with Crippen molar-refractivity contribution in [1.82, 2.24) is 10.2 Å². The van der Waals surface area contributed by atoms with E-state index in [-0.39, 0.29) is 24.8 Å². The number of aliphatic hydroxyl groups excluding tert-OH is 1. The molecule has 0 saturated carbocycles. The Hall–Kier alpha value is -1.75. The SMILES string of the molecule is CC(CCc1ccc(OC(C)C)cc1)NC(=O)N1CCC(CO)CC1. The minimum Gasteiger partial charge on any atom is -0.491 e. The number of likely N-dealkylation sites (tertiary alicyclic amines) is 1. The van der Waals surface area contributed by atoms with Crippen molar-refractivity contribution in [3.8, 4) is 5.75 Å². The monoisotopic (exact) mass is 348 g/mol. The van der Waals surface area contributed by atoms with Crippen LogP contribution in [0.5, 0.6) is 5.75 Å². The van der Waals surface area contributed by atoms with Crippen molar-refractivity contribution in [3.63, 3.8) is 0 Å². The van der Waals surface area contributed by atoms with Gasteiger partial charge in [-0.15, -0.1) is 0 Å². The van der Waals surface area contributed by atoms with Crippen LogP contribution in [-0.2, 0) is 6.42 Å². The van der Waals surface area contributed by atoms with Crippen molar-refractivity contribution in [2.75, 3.05) is 19.7 Å². The van der Waals surface area contributed by atoms with Gasteiger partial charge in [0.05, 0.1) is 6.10 Å². The zero-order valence-electron chi connectivity index (χ0n) is 15.7. The Bertz CT molecular complexity index is 522. The topological polar surface area (TPSA) is 61.8 Å². The second kappa shape index (κ2) is 9.66. The maximum absolute atomic E-state index is 12.3. The summed E-state index contributed by atoms with van der Waals surface area (Å²) in [4.78, 5) is 14.2. The van der Waals surface area contributed by atoms with Crippen molar-refractivity contribution < 1.29 is 14.6 Å². The van der Waals surface area contributed by atoms with Gasteiger partial charge in [0.15, 0.2) is 0 Å². The smallest absolute Gasteiger partial charge is 0.317 e. The number of nitrogens with one attached hydrogen (secondary N) is 1. The van der Waals surface area contributed by atoms with Gasteiger partial charge in [-0.3, -0.25) is 0 Å². The molecule has 1 aromatic carbocycles. The van der Waals surface area contributed by atoms with Gasteiger partial charge < -0.3 is 20.1 Å². The summed E-state index contributed by atoms with van der Waals surface area (Å²) in [7, 11) is 0. The van der Waals surface area contributed by atoms with Crippen LogP contribution in [0, 0.1) is 5.92 Å². The summed E-state index contributed by atoms with van der Waals surface area (Å²) in [5, 5.41) is 12.3. The number of benzene rings is 1. The fourth-order valence-corrected chi connectivity index (χ4v) is 3.08. The molecule has 1 unspecified atom stereocenters. The Morgan fingerprint density at radius 2 is 1.88 bits per heavy atom. The van der Waals surface area contributed by atoms with E-state index >= 15 is 0 Å². The molecule has 25 heavy (non-hydrogen) atoms. The van der Waals surface area contributed by atoms with E-state index < -0.39 is 0 Å². The minimum atomic E-state index is 0.0181. The van der Waals surface area contributed by atoms with Gasteiger partial charge in [0.1, 0.15) is 5.75 Å². The second-order valence-electron chi connectivity index (χ2n) is 7.31. The van der Waals surface area contributed by atoms with Gasteiger partial charge in [-0.05, 0) is 70.1 Å². The third-order valence-corrected chi connectivity index (χ3v) is 4.69. The molecule has 0 aromatic heterocycles. The first kappa shape index (κ1) is 19.6. The number of aryl methyl sites for hydroxylation is 1. The molecule has 0 aliphatic carbocycles. The van der Waals surface area contributed by atoms with Crippen LogP contribution >= 0.6 is 0 Å². The average molecular weight is 348 g/mol. The summed E-state index contributed by atoms with van der Waals surface area (Å²) in [6, 6.07) is 8.34. The molecule has 1 atom stereocenters. The van der Waals surface area contributed by atoms with E-state index in [0.717, 1.165) is 44.5 Å². The first-order valence-electron chi connectivity index (χ1n) is 9.39. The number of hydrogen-bond donors (Lipinski definition) is 2. The van der Waals surface area contributed by atoms with E-state index in [4.69, 9.17) is 4.74 Å². The predicted octanol–water partition coefficient (Wildman–Crippen LogP) is 3.21. The molecule has 0 radical (unpaired) electrons. The Labute approximate surface area is 151 Å². The van der Waals surface area contributed by atoms with Gasteiger partial charge in [0.25, 0.3) is 0 Å². The van der Waals surface area contributed by atoms with Crippen molar-refractivity contribution in [2.24, 2.45) is 5.92 Å². The highest BCUT2D eigenvalue weighted by Gasteiger charge is 2.22. The van der Waals surface area contributed by atoms with Gasteiger partial charge in [-0.1, -0.05) is 12.1 Å². The standard InChI is InChI=1S/C20H32N2O3/c1-15(2)25-19-8-6-17(7-9-19)5-4-16(3)21-20(24)22-12-10-18(14-23)11-13-22/h6-9,15-16,18,23H,4-5,10-14H2,1-3H3,(H,21,24). The average Bonchev–Trinajstić information content (AvgIpc) is 2.60. The molecular formula is C20H32N2O3. The number of rotatable bonds is 7. The Balaban J connectivity index is 1.71. The number of amides is 2. The van der Waals surface area contributed by atoms with Gasteiger partial charge in [0.2, 0.25) is 0 Å². The van der Waals surface area contributed by atoms with Gasteiger partial charge >= 0.3 is 6.03 Å². The lowest BCUT2D eigenvalue weighted by Gasteiger charge is -2.32. The molecule has 1 heterocycles. The number of hydrogen-bond acceptors (Lipinski definition) is 3. The highest BCUT2D eigenvalue weighted by Crippen LogP contribution is 2.17. The van der Waals surface area contributed by atoms with Crippen molar-refractivity contribution in [1.29, 1.82) is 0 Å². The van der Waals surface area contributed by atoms with Crippen LogP contribution < -0.4 is 10.1 Å². The van der Waals surface area contributed by atoms with Crippen LogP contribution in [0.25, 0.3) is 0 Å². The maximum atomic E-state index is 12.3. The predicted molar refractivity (Wildman–Crippen MR) is 99.9 cm³/mol. The molecule has 1 saturated heterocycles. The number of piperidine rings is 1. The quantitative estimate of drug-likeness (QED) is 0.795. The van der Waals surface area contributed by atoms with Crippen LogP contribution in [0.4, 0.5) is 4.79 Å². The highest BCUT2D eigenvalue weighted by molar-refractivity contribution is 5.74. The third kappa shape index (κ3) is 6.58. The lowest BCUT2D eigenvalue weighted by atomic mass is 9.98. The van der Waals surface area contributed by atoms with Crippen LogP contribution in [-0.4, -0.2) is 47.9 Å². The van der Waals surface area contributed by atoms with E-state index in [1.165, 1.54) is 5.56 Å². The molecular weight excluding hydrogens is 316 g/mol.